The molecule has 4 aromatic carbocycles. The smallest absolute Gasteiger partial charge is 0.255 e. The first-order valence-electron chi connectivity index (χ1n) is 10.9. The lowest BCUT2D eigenvalue weighted by Crippen LogP contribution is -2.13. The number of amides is 1. The van der Waals surface area contributed by atoms with Gasteiger partial charge in [-0.25, -0.2) is 12.8 Å². The number of rotatable bonds is 5. The third kappa shape index (κ3) is 4.48. The fraction of sp³-hybridized carbons (Fsp3) is 0.0741. The average molecular weight is 488 g/mol. The van der Waals surface area contributed by atoms with E-state index in [0.29, 0.717) is 16.9 Å². The Balaban J connectivity index is 1.58. The molecule has 0 aliphatic heterocycles. The van der Waals surface area contributed by atoms with Crippen molar-refractivity contribution in [3.63, 3.8) is 0 Å². The van der Waals surface area contributed by atoms with E-state index in [1.165, 1.54) is 24.3 Å². The summed E-state index contributed by atoms with van der Waals surface area (Å²) in [6.07, 6.45) is 1.12. The Bertz CT molecular complexity index is 1710. The predicted molar refractivity (Wildman–Crippen MR) is 139 cm³/mol. The Morgan fingerprint density at radius 3 is 2.34 bits per heavy atom. The van der Waals surface area contributed by atoms with Crippen molar-refractivity contribution >= 4 is 49.1 Å². The van der Waals surface area contributed by atoms with Crippen molar-refractivity contribution in [2.75, 3.05) is 16.3 Å². The molecule has 35 heavy (non-hydrogen) atoms. The number of H-pyrrole nitrogens is 1. The Kier molecular flexibility index (Phi) is 5.53. The van der Waals surface area contributed by atoms with Crippen molar-refractivity contribution in [1.29, 1.82) is 0 Å². The SMILES string of the molecule is Cc1c(NC(=O)c2ccc(F)cc2)cccc1-c1cccc2[nH]c3cc(NS(C)(=O)=O)ccc3c12. The molecule has 5 aromatic rings. The summed E-state index contributed by atoms with van der Waals surface area (Å²) in [4.78, 5) is 16.1. The van der Waals surface area contributed by atoms with E-state index in [9.17, 15) is 17.6 Å². The molecular weight excluding hydrogens is 465 g/mol. The lowest BCUT2D eigenvalue weighted by atomic mass is 9.95. The Morgan fingerprint density at radius 1 is 0.886 bits per heavy atom. The lowest BCUT2D eigenvalue weighted by molar-refractivity contribution is 0.102. The number of sulfonamides is 1. The number of anilines is 2. The average Bonchev–Trinajstić information content (AvgIpc) is 3.17. The second-order valence-corrected chi connectivity index (χ2v) is 10.2. The highest BCUT2D eigenvalue weighted by Gasteiger charge is 2.15. The number of halogens is 1. The minimum atomic E-state index is -3.39. The van der Waals surface area contributed by atoms with Crippen LogP contribution in [0.15, 0.2) is 78.9 Å². The lowest BCUT2D eigenvalue weighted by Gasteiger charge is -2.14. The van der Waals surface area contributed by atoms with E-state index < -0.39 is 15.8 Å². The van der Waals surface area contributed by atoms with Crippen LogP contribution in [0.25, 0.3) is 32.9 Å². The van der Waals surface area contributed by atoms with Gasteiger partial charge >= 0.3 is 0 Å². The summed E-state index contributed by atoms with van der Waals surface area (Å²) in [5.74, 6) is -0.716. The molecule has 0 unspecified atom stereocenters. The zero-order valence-corrected chi connectivity index (χ0v) is 19.8. The van der Waals surface area contributed by atoms with Gasteiger partial charge in [-0.2, -0.15) is 0 Å². The third-order valence-corrected chi connectivity index (χ3v) is 6.51. The minimum Gasteiger partial charge on any atom is -0.354 e. The number of carbonyl (C=O) groups excluding carboxylic acids is 1. The monoisotopic (exact) mass is 487 g/mol. The molecule has 0 saturated heterocycles. The van der Waals surface area contributed by atoms with Crippen LogP contribution in [0.5, 0.6) is 0 Å². The highest BCUT2D eigenvalue weighted by atomic mass is 32.2. The molecule has 3 N–H and O–H groups in total. The van der Waals surface area contributed by atoms with Crippen LogP contribution in [0.3, 0.4) is 0 Å². The van der Waals surface area contributed by atoms with E-state index in [1.54, 1.807) is 12.1 Å². The molecule has 176 valence electrons. The summed E-state index contributed by atoms with van der Waals surface area (Å²) in [6, 6.07) is 22.5. The summed E-state index contributed by atoms with van der Waals surface area (Å²) in [5, 5.41) is 4.88. The van der Waals surface area contributed by atoms with Gasteiger partial charge in [-0.15, -0.1) is 0 Å². The quantitative estimate of drug-likeness (QED) is 0.281. The minimum absolute atomic E-state index is 0.318. The van der Waals surface area contributed by atoms with Crippen molar-refractivity contribution in [3.05, 3.63) is 95.8 Å². The fourth-order valence-electron chi connectivity index (χ4n) is 4.32. The summed E-state index contributed by atoms with van der Waals surface area (Å²) in [5.41, 5.74) is 6.05. The van der Waals surface area contributed by atoms with Gasteiger partial charge in [0.15, 0.2) is 0 Å². The van der Waals surface area contributed by atoms with Crippen molar-refractivity contribution < 1.29 is 17.6 Å². The number of benzene rings is 4. The number of nitrogens with one attached hydrogen (secondary N) is 3. The first kappa shape index (κ1) is 22.6. The van der Waals surface area contributed by atoms with Gasteiger partial charge in [-0.1, -0.05) is 30.3 Å². The molecule has 0 radical (unpaired) electrons. The van der Waals surface area contributed by atoms with Crippen molar-refractivity contribution in [1.82, 2.24) is 4.98 Å². The second-order valence-electron chi connectivity index (χ2n) is 8.43. The van der Waals surface area contributed by atoms with Crippen LogP contribution in [-0.4, -0.2) is 25.6 Å². The summed E-state index contributed by atoms with van der Waals surface area (Å²) in [7, 11) is -3.39. The molecule has 1 heterocycles. The number of carbonyl (C=O) groups is 1. The van der Waals surface area contributed by atoms with Gasteiger partial charge in [0.05, 0.1) is 11.9 Å². The summed E-state index contributed by atoms with van der Waals surface area (Å²) < 4.78 is 39.0. The maximum atomic E-state index is 13.2. The predicted octanol–water partition coefficient (Wildman–Crippen LogP) is 6.06. The van der Waals surface area contributed by atoms with E-state index in [0.717, 1.165) is 44.8 Å². The highest BCUT2D eigenvalue weighted by molar-refractivity contribution is 7.92. The topological polar surface area (TPSA) is 91.1 Å². The molecule has 0 bridgehead atoms. The molecule has 6 nitrogen and oxygen atoms in total. The van der Waals surface area contributed by atoms with Crippen LogP contribution in [0.1, 0.15) is 15.9 Å². The molecule has 0 saturated carbocycles. The molecular formula is C27H22FN3O3S. The van der Waals surface area contributed by atoms with E-state index in [-0.39, 0.29) is 5.91 Å². The van der Waals surface area contributed by atoms with Crippen molar-refractivity contribution in [2.45, 2.75) is 6.92 Å². The van der Waals surface area contributed by atoms with Crippen LogP contribution in [0.2, 0.25) is 0 Å². The normalized spacial score (nSPS) is 11.6. The first-order chi connectivity index (χ1) is 16.7. The third-order valence-electron chi connectivity index (χ3n) is 5.90. The highest BCUT2D eigenvalue weighted by Crippen LogP contribution is 2.38. The van der Waals surface area contributed by atoms with Gasteiger partial charge < -0.3 is 10.3 Å². The van der Waals surface area contributed by atoms with Crippen LogP contribution in [-0.2, 0) is 10.0 Å². The molecule has 1 aromatic heterocycles. The molecule has 0 aliphatic carbocycles. The second kappa shape index (κ2) is 8.56. The van der Waals surface area contributed by atoms with Gasteiger partial charge in [-0.3, -0.25) is 9.52 Å². The fourth-order valence-corrected chi connectivity index (χ4v) is 4.87. The standard InChI is InChI=1S/C27H22FN3O3S/c1-16-20(5-3-7-23(16)30-27(32)17-9-11-18(28)12-10-17)21-6-4-8-24-26(21)22-14-13-19(15-25(22)29-24)31-35(2,33)34/h3-15,29,31H,1-2H3,(H,30,32). The first-order valence-corrected chi connectivity index (χ1v) is 12.8. The van der Waals surface area contributed by atoms with Crippen molar-refractivity contribution in [3.8, 4) is 11.1 Å². The Labute approximate surface area is 201 Å². The number of hydrogen-bond donors (Lipinski definition) is 3. The molecule has 0 spiro atoms. The van der Waals surface area contributed by atoms with Crippen LogP contribution in [0.4, 0.5) is 15.8 Å². The van der Waals surface area contributed by atoms with Crippen LogP contribution < -0.4 is 10.0 Å². The van der Waals surface area contributed by atoms with Crippen molar-refractivity contribution in [2.24, 2.45) is 0 Å². The van der Waals surface area contributed by atoms with Gasteiger partial charge in [0.1, 0.15) is 5.82 Å². The summed E-state index contributed by atoms with van der Waals surface area (Å²) in [6.45, 7) is 1.94. The molecule has 5 rings (SSSR count). The molecule has 0 atom stereocenters. The van der Waals surface area contributed by atoms with Gasteiger partial charge in [0, 0.05) is 33.1 Å². The molecule has 0 aliphatic rings. The maximum absolute atomic E-state index is 13.2. The van der Waals surface area contributed by atoms with Gasteiger partial charge in [0.2, 0.25) is 10.0 Å². The number of hydrogen-bond acceptors (Lipinski definition) is 3. The maximum Gasteiger partial charge on any atom is 0.255 e. The molecule has 1 amide bonds. The number of aromatic amines is 1. The van der Waals surface area contributed by atoms with Crippen LogP contribution in [0, 0.1) is 12.7 Å². The Hall–Kier alpha value is -4.17. The Morgan fingerprint density at radius 2 is 1.60 bits per heavy atom. The van der Waals surface area contributed by atoms with Gasteiger partial charge in [0.25, 0.3) is 5.91 Å². The zero-order chi connectivity index (χ0) is 24.7. The van der Waals surface area contributed by atoms with E-state index in [1.807, 2.05) is 49.4 Å². The number of fused-ring (bicyclic) bond motifs is 3. The zero-order valence-electron chi connectivity index (χ0n) is 19.0. The largest absolute Gasteiger partial charge is 0.354 e. The van der Waals surface area contributed by atoms with Crippen LogP contribution >= 0.6 is 0 Å². The van der Waals surface area contributed by atoms with E-state index >= 15 is 0 Å². The molecule has 0 fully saturated rings. The summed E-state index contributed by atoms with van der Waals surface area (Å²) >= 11 is 0. The van der Waals surface area contributed by atoms with E-state index in [4.69, 9.17) is 0 Å². The van der Waals surface area contributed by atoms with E-state index in [2.05, 4.69) is 15.0 Å². The molecule has 8 heteroatoms. The number of aromatic nitrogens is 1. The van der Waals surface area contributed by atoms with Gasteiger partial charge in [-0.05, 0) is 72.1 Å².